The van der Waals surface area contributed by atoms with Crippen LogP contribution in [-0.2, 0) is 29.3 Å². The zero-order valence-electron chi connectivity index (χ0n) is 19.2. The summed E-state index contributed by atoms with van der Waals surface area (Å²) in [6.07, 6.45) is 1.32. The Morgan fingerprint density at radius 2 is 1.73 bits per heavy atom. The van der Waals surface area contributed by atoms with E-state index in [1.165, 1.54) is 6.08 Å². The first-order valence-electron chi connectivity index (χ1n) is 11.0. The van der Waals surface area contributed by atoms with Gasteiger partial charge in [-0.3, -0.25) is 4.79 Å². The zero-order chi connectivity index (χ0) is 23.8. The highest BCUT2D eigenvalue weighted by molar-refractivity contribution is 6.06. The number of ether oxygens (including phenoxy) is 2. The number of fused-ring (bicyclic) bond motifs is 2. The number of carbonyl (C=O) groups is 3. The maximum Gasteiger partial charge on any atom is 0.332 e. The molecule has 0 bridgehead atoms. The lowest BCUT2D eigenvalue weighted by Gasteiger charge is -2.32. The van der Waals surface area contributed by atoms with Gasteiger partial charge in [0.1, 0.15) is 17.1 Å². The van der Waals surface area contributed by atoms with Crippen LogP contribution < -0.4 is 10.6 Å². The molecule has 0 radical (unpaired) electrons. The number of rotatable bonds is 4. The zero-order valence-corrected chi connectivity index (χ0v) is 19.2. The molecule has 7 heteroatoms. The molecule has 2 N–H and O–H groups in total. The molecular weight excluding hydrogens is 420 g/mol. The third-order valence-electron chi connectivity index (χ3n) is 5.86. The molecule has 1 fully saturated rings. The number of anilines is 1. The maximum absolute atomic E-state index is 13.8. The standard InChI is InChI=1S/C26H28N2O5/c1-5-32-20(29)15-19-26(17-13-9-10-14-18(17)27-19)21(16-11-7-6-8-12-16)22(28-24(26)31)23(30)33-25(2,3)4/h6-15,21-22,27H,5H2,1-4H3,(H,28,31)/b19-15-. The number of hydrogen-bond donors (Lipinski definition) is 2. The summed E-state index contributed by atoms with van der Waals surface area (Å²) in [4.78, 5) is 39.6. The summed E-state index contributed by atoms with van der Waals surface area (Å²) in [5.74, 6) is -2.12. The number of hydrogen-bond acceptors (Lipinski definition) is 6. The van der Waals surface area contributed by atoms with Crippen molar-refractivity contribution in [3.63, 3.8) is 0 Å². The highest BCUT2D eigenvalue weighted by atomic mass is 16.6. The van der Waals surface area contributed by atoms with E-state index in [-0.39, 0.29) is 12.5 Å². The lowest BCUT2D eigenvalue weighted by molar-refractivity contribution is -0.158. The van der Waals surface area contributed by atoms with E-state index in [2.05, 4.69) is 10.6 Å². The summed E-state index contributed by atoms with van der Waals surface area (Å²) in [7, 11) is 0. The number of nitrogens with one attached hydrogen (secondary N) is 2. The SMILES string of the molecule is CCOC(=O)/C=C1\Nc2ccccc2C12C(=O)NC(C(=O)OC(C)(C)C)C2c1ccccc1. The van der Waals surface area contributed by atoms with E-state index in [0.29, 0.717) is 16.9 Å². The Bertz CT molecular complexity index is 1120. The van der Waals surface area contributed by atoms with Crippen molar-refractivity contribution < 1.29 is 23.9 Å². The summed E-state index contributed by atoms with van der Waals surface area (Å²) in [6, 6.07) is 15.8. The minimum absolute atomic E-state index is 0.206. The molecular formula is C26H28N2O5. The van der Waals surface area contributed by atoms with Crippen molar-refractivity contribution in [2.24, 2.45) is 0 Å². The van der Waals surface area contributed by atoms with Gasteiger partial charge in [0, 0.05) is 23.4 Å². The van der Waals surface area contributed by atoms with Crippen LogP contribution in [0.4, 0.5) is 5.69 Å². The molecule has 33 heavy (non-hydrogen) atoms. The largest absolute Gasteiger partial charge is 0.463 e. The molecule has 2 heterocycles. The quantitative estimate of drug-likeness (QED) is 0.550. The average molecular weight is 449 g/mol. The second-order valence-electron chi connectivity index (χ2n) is 9.16. The van der Waals surface area contributed by atoms with Crippen LogP contribution in [0.1, 0.15) is 44.7 Å². The second-order valence-corrected chi connectivity index (χ2v) is 9.16. The topological polar surface area (TPSA) is 93.7 Å². The van der Waals surface area contributed by atoms with Gasteiger partial charge in [0.05, 0.1) is 6.61 Å². The highest BCUT2D eigenvalue weighted by Crippen LogP contribution is 2.56. The minimum Gasteiger partial charge on any atom is -0.463 e. The Morgan fingerprint density at radius 3 is 2.39 bits per heavy atom. The Labute approximate surface area is 193 Å². The van der Waals surface area contributed by atoms with Crippen molar-refractivity contribution >= 4 is 23.5 Å². The molecule has 2 aliphatic heterocycles. The van der Waals surface area contributed by atoms with Gasteiger partial charge in [-0.25, -0.2) is 9.59 Å². The molecule has 3 unspecified atom stereocenters. The fourth-order valence-electron chi connectivity index (χ4n) is 4.75. The first-order valence-corrected chi connectivity index (χ1v) is 11.0. The van der Waals surface area contributed by atoms with Crippen molar-refractivity contribution in [1.82, 2.24) is 5.32 Å². The Morgan fingerprint density at radius 1 is 1.06 bits per heavy atom. The van der Waals surface area contributed by atoms with E-state index < -0.39 is 34.9 Å². The van der Waals surface area contributed by atoms with E-state index in [0.717, 1.165) is 5.56 Å². The first-order chi connectivity index (χ1) is 15.7. The predicted octanol–water partition coefficient (Wildman–Crippen LogP) is 3.42. The third kappa shape index (κ3) is 3.88. The fraction of sp³-hybridized carbons (Fsp3) is 0.346. The van der Waals surface area contributed by atoms with Crippen molar-refractivity contribution in [1.29, 1.82) is 0 Å². The van der Waals surface area contributed by atoms with Gasteiger partial charge in [-0.15, -0.1) is 0 Å². The summed E-state index contributed by atoms with van der Waals surface area (Å²) < 4.78 is 10.8. The van der Waals surface area contributed by atoms with E-state index >= 15 is 0 Å². The molecule has 2 aromatic carbocycles. The van der Waals surface area contributed by atoms with Crippen LogP contribution in [0.2, 0.25) is 0 Å². The smallest absolute Gasteiger partial charge is 0.332 e. The predicted molar refractivity (Wildman–Crippen MR) is 123 cm³/mol. The molecule has 0 saturated carbocycles. The summed E-state index contributed by atoms with van der Waals surface area (Å²) >= 11 is 0. The van der Waals surface area contributed by atoms with Crippen LogP contribution in [0, 0.1) is 0 Å². The summed E-state index contributed by atoms with van der Waals surface area (Å²) in [6.45, 7) is 7.28. The lowest BCUT2D eigenvalue weighted by Crippen LogP contribution is -2.42. The molecule has 4 rings (SSSR count). The van der Waals surface area contributed by atoms with Gasteiger partial charge in [0.15, 0.2) is 0 Å². The van der Waals surface area contributed by atoms with Crippen LogP contribution >= 0.6 is 0 Å². The van der Waals surface area contributed by atoms with E-state index in [1.807, 2.05) is 54.6 Å². The number of benzene rings is 2. The van der Waals surface area contributed by atoms with Crippen LogP contribution in [0.5, 0.6) is 0 Å². The maximum atomic E-state index is 13.8. The average Bonchev–Trinajstić information content (AvgIpc) is 3.24. The van der Waals surface area contributed by atoms with Crippen LogP contribution in [0.25, 0.3) is 0 Å². The van der Waals surface area contributed by atoms with Gasteiger partial charge in [-0.05, 0) is 44.9 Å². The molecule has 1 spiro atoms. The van der Waals surface area contributed by atoms with Gasteiger partial charge in [-0.1, -0.05) is 48.5 Å². The number of amides is 1. The van der Waals surface area contributed by atoms with Gasteiger partial charge in [0.2, 0.25) is 5.91 Å². The molecule has 1 saturated heterocycles. The molecule has 0 aromatic heterocycles. The molecule has 3 atom stereocenters. The number of carbonyl (C=O) groups excluding carboxylic acids is 3. The number of esters is 2. The van der Waals surface area contributed by atoms with Gasteiger partial charge < -0.3 is 20.1 Å². The normalized spacial score (nSPS) is 24.8. The van der Waals surface area contributed by atoms with Gasteiger partial charge in [-0.2, -0.15) is 0 Å². The molecule has 0 aliphatic carbocycles. The van der Waals surface area contributed by atoms with Crippen molar-refractivity contribution in [3.05, 3.63) is 77.5 Å². The summed E-state index contributed by atoms with van der Waals surface area (Å²) in [5, 5.41) is 6.13. The van der Waals surface area contributed by atoms with E-state index in [1.54, 1.807) is 27.7 Å². The molecule has 172 valence electrons. The second kappa shape index (κ2) is 8.39. The fourth-order valence-corrected chi connectivity index (χ4v) is 4.75. The van der Waals surface area contributed by atoms with Gasteiger partial charge >= 0.3 is 11.9 Å². The number of para-hydroxylation sites is 1. The minimum atomic E-state index is -1.33. The molecule has 7 nitrogen and oxygen atoms in total. The highest BCUT2D eigenvalue weighted by Gasteiger charge is 2.64. The van der Waals surface area contributed by atoms with Crippen molar-refractivity contribution in [2.75, 3.05) is 11.9 Å². The monoisotopic (exact) mass is 448 g/mol. The van der Waals surface area contributed by atoms with Gasteiger partial charge in [0.25, 0.3) is 0 Å². The first kappa shape index (κ1) is 22.6. The summed E-state index contributed by atoms with van der Waals surface area (Å²) in [5.41, 5.74) is 0.493. The molecule has 2 aliphatic rings. The Balaban J connectivity index is 1.95. The lowest BCUT2D eigenvalue weighted by atomic mass is 9.66. The van der Waals surface area contributed by atoms with Crippen LogP contribution in [0.15, 0.2) is 66.4 Å². The molecule has 1 amide bonds. The van der Waals surface area contributed by atoms with E-state index in [9.17, 15) is 14.4 Å². The van der Waals surface area contributed by atoms with Crippen LogP contribution in [-0.4, -0.2) is 36.1 Å². The molecule has 2 aromatic rings. The van der Waals surface area contributed by atoms with Crippen molar-refractivity contribution in [3.8, 4) is 0 Å². The van der Waals surface area contributed by atoms with Crippen molar-refractivity contribution in [2.45, 2.75) is 50.7 Å². The Hall–Kier alpha value is -3.61. The third-order valence-corrected chi connectivity index (χ3v) is 5.86. The van der Waals surface area contributed by atoms with E-state index in [4.69, 9.17) is 9.47 Å². The Kier molecular flexibility index (Phi) is 5.74. The van der Waals surface area contributed by atoms with Crippen LogP contribution in [0.3, 0.4) is 0 Å².